The van der Waals surface area contributed by atoms with Gasteiger partial charge in [0, 0.05) is 19.3 Å². The van der Waals surface area contributed by atoms with Crippen LogP contribution in [0.5, 0.6) is 0 Å². The van der Waals surface area contributed by atoms with E-state index in [2.05, 4.69) is 106 Å². The van der Waals surface area contributed by atoms with Crippen molar-refractivity contribution >= 4 is 17.9 Å². The van der Waals surface area contributed by atoms with Crippen LogP contribution < -0.4 is 0 Å². The van der Waals surface area contributed by atoms with Crippen molar-refractivity contribution in [2.24, 2.45) is 0 Å². The maximum absolute atomic E-state index is 12.7. The van der Waals surface area contributed by atoms with Crippen LogP contribution in [0, 0.1) is 0 Å². The van der Waals surface area contributed by atoms with E-state index in [1.165, 1.54) is 57.8 Å². The van der Waals surface area contributed by atoms with Crippen LogP contribution in [0.1, 0.15) is 213 Å². The molecule has 336 valence electrons. The number of hydrogen-bond donors (Lipinski definition) is 0. The van der Waals surface area contributed by atoms with E-state index < -0.39 is 6.10 Å². The molecule has 0 amide bonds. The summed E-state index contributed by atoms with van der Waals surface area (Å²) in [6.45, 7) is 6.39. The normalized spacial score (nSPS) is 12.8. The molecule has 0 aliphatic carbocycles. The summed E-state index contributed by atoms with van der Waals surface area (Å²) >= 11 is 0. The van der Waals surface area contributed by atoms with Crippen molar-refractivity contribution in [2.75, 3.05) is 13.2 Å². The van der Waals surface area contributed by atoms with Gasteiger partial charge in [0.2, 0.25) is 0 Å². The summed E-state index contributed by atoms with van der Waals surface area (Å²) in [5.41, 5.74) is 0. The summed E-state index contributed by atoms with van der Waals surface area (Å²) in [6, 6.07) is 0. The average molecular weight is 821 g/mol. The summed E-state index contributed by atoms with van der Waals surface area (Å²) in [5.74, 6) is -0.993. The van der Waals surface area contributed by atoms with Crippen LogP contribution in [0.3, 0.4) is 0 Å². The minimum absolute atomic E-state index is 0.105. The molecule has 0 aromatic heterocycles. The zero-order chi connectivity index (χ0) is 43.0. The average Bonchev–Trinajstić information content (AvgIpc) is 3.23. The predicted octanol–water partition coefficient (Wildman–Crippen LogP) is 15.6. The van der Waals surface area contributed by atoms with Gasteiger partial charge in [0.25, 0.3) is 0 Å². The molecule has 1 unspecified atom stereocenters. The second-order valence-corrected chi connectivity index (χ2v) is 15.6. The highest BCUT2D eigenvalue weighted by Crippen LogP contribution is 2.12. The van der Waals surface area contributed by atoms with Gasteiger partial charge in [0.05, 0.1) is 0 Å². The fraction of sp³-hybridized carbons (Fsp3) is 0.679. The number of rotatable bonds is 42. The first-order chi connectivity index (χ1) is 29.0. The Morgan fingerprint density at radius 3 is 1.12 bits per heavy atom. The van der Waals surface area contributed by atoms with Gasteiger partial charge in [-0.2, -0.15) is 0 Å². The third kappa shape index (κ3) is 45.5. The molecule has 1 atom stereocenters. The molecule has 0 saturated carbocycles. The van der Waals surface area contributed by atoms with Crippen molar-refractivity contribution in [2.45, 2.75) is 219 Å². The van der Waals surface area contributed by atoms with E-state index in [-0.39, 0.29) is 37.5 Å². The Hall–Kier alpha value is -3.41. The maximum atomic E-state index is 12.7. The third-order valence-corrected chi connectivity index (χ3v) is 9.85. The Labute approximate surface area is 363 Å². The highest BCUT2D eigenvalue weighted by molar-refractivity contribution is 5.71. The zero-order valence-corrected chi connectivity index (χ0v) is 38.2. The molecule has 0 spiro atoms. The number of allylic oxidation sites excluding steroid dienone is 14. The fourth-order valence-corrected chi connectivity index (χ4v) is 6.23. The van der Waals surface area contributed by atoms with Gasteiger partial charge >= 0.3 is 17.9 Å². The second-order valence-electron chi connectivity index (χ2n) is 15.6. The van der Waals surface area contributed by atoms with Crippen molar-refractivity contribution in [3.05, 3.63) is 85.1 Å². The van der Waals surface area contributed by atoms with Crippen molar-refractivity contribution in [1.29, 1.82) is 0 Å². The number of ether oxygens (including phenoxy) is 3. The van der Waals surface area contributed by atoms with E-state index in [0.717, 1.165) is 109 Å². The Kier molecular flexibility index (Phi) is 44.5. The number of hydrogen-bond acceptors (Lipinski definition) is 6. The SMILES string of the molecule is CC/C=C\C/C=C\CCCCCCCC(=O)OC(COC(=O)CCC/C=C\C/C=C\C/C=C\C/C=C\CCCCC)COC(=O)CCCCCCC/C=C\CCCCC. The highest BCUT2D eigenvalue weighted by atomic mass is 16.6. The Morgan fingerprint density at radius 2 is 0.678 bits per heavy atom. The van der Waals surface area contributed by atoms with E-state index in [4.69, 9.17) is 14.2 Å². The smallest absolute Gasteiger partial charge is 0.306 e. The molecular weight excluding hydrogens is 733 g/mol. The lowest BCUT2D eigenvalue weighted by atomic mass is 10.1. The lowest BCUT2D eigenvalue weighted by molar-refractivity contribution is -0.167. The van der Waals surface area contributed by atoms with Gasteiger partial charge in [-0.05, 0) is 109 Å². The molecule has 0 saturated heterocycles. The first kappa shape index (κ1) is 55.6. The van der Waals surface area contributed by atoms with Gasteiger partial charge in [0.15, 0.2) is 6.10 Å². The summed E-state index contributed by atoms with van der Waals surface area (Å²) in [5, 5.41) is 0. The summed E-state index contributed by atoms with van der Waals surface area (Å²) < 4.78 is 16.7. The quantitative estimate of drug-likeness (QED) is 0.0264. The van der Waals surface area contributed by atoms with Gasteiger partial charge in [-0.3, -0.25) is 14.4 Å². The molecule has 0 aromatic carbocycles. The standard InChI is InChI=1S/C53H88O6/c1-4-7-10-13-16-19-22-25-26-27-28-29-32-34-37-40-43-46-52(55)58-49-50(59-53(56)47-44-41-38-35-31-24-21-18-15-12-9-6-3)48-57-51(54)45-42-39-36-33-30-23-20-17-14-11-8-5-2/h9,12,16-21,25-26,28-29,34,37,50H,4-8,10-11,13-15,22-24,27,30-33,35-36,38-49H2,1-3H3/b12-9-,19-16-,20-17-,21-18-,26-25-,29-28-,37-34-. The van der Waals surface area contributed by atoms with Crippen molar-refractivity contribution in [3.8, 4) is 0 Å². The number of carbonyl (C=O) groups excluding carboxylic acids is 3. The Bertz CT molecular complexity index is 1170. The summed E-state index contributed by atoms with van der Waals surface area (Å²) in [6.07, 6.45) is 60.0. The van der Waals surface area contributed by atoms with Crippen LogP contribution in [-0.4, -0.2) is 37.2 Å². The van der Waals surface area contributed by atoms with E-state index in [1.807, 2.05) is 0 Å². The van der Waals surface area contributed by atoms with Crippen molar-refractivity contribution < 1.29 is 28.6 Å². The van der Waals surface area contributed by atoms with Crippen molar-refractivity contribution in [3.63, 3.8) is 0 Å². The molecule has 0 rings (SSSR count). The monoisotopic (exact) mass is 821 g/mol. The molecule has 0 fully saturated rings. The van der Waals surface area contributed by atoms with Gasteiger partial charge in [-0.1, -0.05) is 170 Å². The molecule has 0 radical (unpaired) electrons. The number of carbonyl (C=O) groups is 3. The van der Waals surface area contributed by atoms with Crippen molar-refractivity contribution in [1.82, 2.24) is 0 Å². The van der Waals surface area contributed by atoms with E-state index >= 15 is 0 Å². The summed E-state index contributed by atoms with van der Waals surface area (Å²) in [4.78, 5) is 37.8. The fourth-order valence-electron chi connectivity index (χ4n) is 6.23. The topological polar surface area (TPSA) is 78.9 Å². The molecule has 6 heteroatoms. The number of esters is 3. The predicted molar refractivity (Wildman–Crippen MR) is 251 cm³/mol. The molecule has 6 nitrogen and oxygen atoms in total. The lowest BCUT2D eigenvalue weighted by Crippen LogP contribution is -2.30. The molecule has 59 heavy (non-hydrogen) atoms. The molecule has 0 aliphatic heterocycles. The van der Waals surface area contributed by atoms with Crippen LogP contribution >= 0.6 is 0 Å². The van der Waals surface area contributed by atoms with Crippen LogP contribution in [0.2, 0.25) is 0 Å². The number of unbranched alkanes of at least 4 members (excludes halogenated alkanes) is 17. The van der Waals surface area contributed by atoms with Crippen LogP contribution in [0.25, 0.3) is 0 Å². The van der Waals surface area contributed by atoms with Crippen LogP contribution in [0.15, 0.2) is 85.1 Å². The third-order valence-electron chi connectivity index (χ3n) is 9.85. The maximum Gasteiger partial charge on any atom is 0.306 e. The lowest BCUT2D eigenvalue weighted by Gasteiger charge is -2.18. The van der Waals surface area contributed by atoms with Crippen LogP contribution in [0.4, 0.5) is 0 Å². The Morgan fingerprint density at radius 1 is 0.356 bits per heavy atom. The molecule has 0 aromatic rings. The largest absolute Gasteiger partial charge is 0.462 e. The minimum Gasteiger partial charge on any atom is -0.462 e. The Balaban J connectivity index is 4.50. The van der Waals surface area contributed by atoms with Gasteiger partial charge in [-0.25, -0.2) is 0 Å². The van der Waals surface area contributed by atoms with Gasteiger partial charge < -0.3 is 14.2 Å². The highest BCUT2D eigenvalue weighted by Gasteiger charge is 2.19. The van der Waals surface area contributed by atoms with Crippen LogP contribution in [-0.2, 0) is 28.6 Å². The molecular formula is C53H88O6. The molecule has 0 aliphatic rings. The molecule has 0 bridgehead atoms. The molecule has 0 N–H and O–H groups in total. The zero-order valence-electron chi connectivity index (χ0n) is 38.2. The first-order valence-corrected chi connectivity index (χ1v) is 24.1. The van der Waals surface area contributed by atoms with Gasteiger partial charge in [0.1, 0.15) is 13.2 Å². The first-order valence-electron chi connectivity index (χ1n) is 24.1. The van der Waals surface area contributed by atoms with E-state index in [1.54, 1.807) is 0 Å². The van der Waals surface area contributed by atoms with E-state index in [9.17, 15) is 14.4 Å². The molecule has 0 heterocycles. The second kappa shape index (κ2) is 47.3. The minimum atomic E-state index is -0.807. The van der Waals surface area contributed by atoms with E-state index in [0.29, 0.717) is 19.3 Å². The summed E-state index contributed by atoms with van der Waals surface area (Å²) in [7, 11) is 0. The van der Waals surface area contributed by atoms with Gasteiger partial charge in [-0.15, -0.1) is 0 Å².